The number of nitrogens with one attached hydrogen (secondary N) is 1. The number of benzene rings is 1. The van der Waals surface area contributed by atoms with Crippen molar-refractivity contribution in [1.29, 1.82) is 0 Å². The number of Topliss-reactive ketones (excluding diaryl/α,β-unsaturated/α-hetero) is 1. The zero-order valence-electron chi connectivity index (χ0n) is 11.0. The lowest BCUT2D eigenvalue weighted by atomic mass is 10.1. The zero-order chi connectivity index (χ0) is 13.8. The van der Waals surface area contributed by atoms with E-state index in [1.807, 2.05) is 20.8 Å². The van der Waals surface area contributed by atoms with Gasteiger partial charge in [0.25, 0.3) is 0 Å². The van der Waals surface area contributed by atoms with E-state index in [2.05, 4.69) is 5.32 Å². The second-order valence-electron chi connectivity index (χ2n) is 5.38. The molecule has 1 N–H and O–H groups in total. The minimum atomic E-state index is -0.417. The van der Waals surface area contributed by atoms with Gasteiger partial charge in [-0.15, -0.1) is 0 Å². The van der Waals surface area contributed by atoms with E-state index in [-0.39, 0.29) is 17.7 Å². The van der Waals surface area contributed by atoms with Crippen LogP contribution in [0.15, 0.2) is 18.2 Å². The molecule has 0 bridgehead atoms. The van der Waals surface area contributed by atoms with E-state index < -0.39 is 5.82 Å². The Kier molecular flexibility index (Phi) is 5.29. The van der Waals surface area contributed by atoms with Gasteiger partial charge in [-0.05, 0) is 38.5 Å². The summed E-state index contributed by atoms with van der Waals surface area (Å²) >= 11 is 5.65. The topological polar surface area (TPSA) is 29.1 Å². The molecule has 0 aromatic heterocycles. The fourth-order valence-corrected chi connectivity index (χ4v) is 1.70. The van der Waals surface area contributed by atoms with Gasteiger partial charge in [0.05, 0.1) is 0 Å². The van der Waals surface area contributed by atoms with Crippen LogP contribution in [0.25, 0.3) is 0 Å². The molecule has 0 aliphatic heterocycles. The van der Waals surface area contributed by atoms with Crippen molar-refractivity contribution < 1.29 is 9.18 Å². The minimum absolute atomic E-state index is 0.00813. The molecule has 0 atom stereocenters. The van der Waals surface area contributed by atoms with Crippen molar-refractivity contribution in [2.45, 2.75) is 39.2 Å². The SMILES string of the molecule is CC(C)(C)NCCC(=O)Cc1ccc(Cl)cc1F. The molecule has 1 aromatic carbocycles. The van der Waals surface area contributed by atoms with Crippen molar-refractivity contribution in [1.82, 2.24) is 5.32 Å². The van der Waals surface area contributed by atoms with Crippen molar-refractivity contribution in [3.05, 3.63) is 34.6 Å². The molecule has 2 nitrogen and oxygen atoms in total. The van der Waals surface area contributed by atoms with Gasteiger partial charge in [0.2, 0.25) is 0 Å². The Labute approximate surface area is 113 Å². The van der Waals surface area contributed by atoms with Crippen LogP contribution in [-0.4, -0.2) is 17.9 Å². The molecule has 1 aromatic rings. The Balaban J connectivity index is 2.45. The third-order valence-electron chi connectivity index (χ3n) is 2.46. The molecule has 0 radical (unpaired) electrons. The first-order chi connectivity index (χ1) is 8.28. The van der Waals surface area contributed by atoms with Crippen LogP contribution in [0.1, 0.15) is 32.8 Å². The maximum absolute atomic E-state index is 13.5. The molecule has 0 saturated carbocycles. The molecular formula is C14H19ClFNO. The Morgan fingerprint density at radius 2 is 2.06 bits per heavy atom. The molecule has 0 spiro atoms. The maximum atomic E-state index is 13.5. The number of hydrogen-bond acceptors (Lipinski definition) is 2. The van der Waals surface area contributed by atoms with Gasteiger partial charge in [-0.2, -0.15) is 0 Å². The van der Waals surface area contributed by atoms with E-state index in [4.69, 9.17) is 11.6 Å². The molecule has 0 unspecified atom stereocenters. The van der Waals surface area contributed by atoms with Crippen LogP contribution < -0.4 is 5.32 Å². The Bertz CT molecular complexity index is 426. The van der Waals surface area contributed by atoms with Crippen molar-refractivity contribution >= 4 is 17.4 Å². The fourth-order valence-electron chi connectivity index (χ4n) is 1.54. The van der Waals surface area contributed by atoms with E-state index in [1.54, 1.807) is 12.1 Å². The number of halogens is 2. The molecule has 0 heterocycles. The van der Waals surface area contributed by atoms with E-state index in [0.717, 1.165) is 0 Å². The molecule has 1 rings (SSSR count). The molecule has 0 saturated heterocycles. The Morgan fingerprint density at radius 1 is 1.39 bits per heavy atom. The molecule has 18 heavy (non-hydrogen) atoms. The van der Waals surface area contributed by atoms with Gasteiger partial charge < -0.3 is 5.32 Å². The molecule has 100 valence electrons. The molecule has 4 heteroatoms. The van der Waals surface area contributed by atoms with Gasteiger partial charge in [-0.25, -0.2) is 4.39 Å². The molecular weight excluding hydrogens is 253 g/mol. The lowest BCUT2D eigenvalue weighted by Gasteiger charge is -2.20. The number of ketones is 1. The van der Waals surface area contributed by atoms with Crippen LogP contribution in [0.3, 0.4) is 0 Å². The van der Waals surface area contributed by atoms with Gasteiger partial charge in [0, 0.05) is 29.9 Å². The number of carbonyl (C=O) groups is 1. The van der Waals surface area contributed by atoms with Crippen LogP contribution in [0, 0.1) is 5.82 Å². The van der Waals surface area contributed by atoms with Crippen molar-refractivity contribution in [2.24, 2.45) is 0 Å². The average molecular weight is 272 g/mol. The highest BCUT2D eigenvalue weighted by molar-refractivity contribution is 6.30. The third-order valence-corrected chi connectivity index (χ3v) is 2.70. The van der Waals surface area contributed by atoms with Crippen LogP contribution in [0.2, 0.25) is 5.02 Å². The van der Waals surface area contributed by atoms with E-state index in [1.165, 1.54) is 6.07 Å². The van der Waals surface area contributed by atoms with E-state index >= 15 is 0 Å². The highest BCUT2D eigenvalue weighted by Crippen LogP contribution is 2.15. The zero-order valence-corrected chi connectivity index (χ0v) is 11.8. The van der Waals surface area contributed by atoms with E-state index in [9.17, 15) is 9.18 Å². The molecule has 0 fully saturated rings. The average Bonchev–Trinajstić information content (AvgIpc) is 2.20. The maximum Gasteiger partial charge on any atom is 0.138 e. The second-order valence-corrected chi connectivity index (χ2v) is 5.81. The molecule has 0 aliphatic carbocycles. The summed E-state index contributed by atoms with van der Waals surface area (Å²) in [4.78, 5) is 11.7. The lowest BCUT2D eigenvalue weighted by molar-refractivity contribution is -0.118. The highest BCUT2D eigenvalue weighted by Gasteiger charge is 2.11. The lowest BCUT2D eigenvalue weighted by Crippen LogP contribution is -2.37. The summed E-state index contributed by atoms with van der Waals surface area (Å²) in [5.74, 6) is -0.396. The smallest absolute Gasteiger partial charge is 0.138 e. The monoisotopic (exact) mass is 271 g/mol. The normalized spacial score (nSPS) is 11.6. The van der Waals surface area contributed by atoms with Gasteiger partial charge in [-0.3, -0.25) is 4.79 Å². The number of hydrogen-bond donors (Lipinski definition) is 1. The summed E-state index contributed by atoms with van der Waals surface area (Å²) in [7, 11) is 0. The van der Waals surface area contributed by atoms with Crippen LogP contribution in [0.5, 0.6) is 0 Å². The highest BCUT2D eigenvalue weighted by atomic mass is 35.5. The summed E-state index contributed by atoms with van der Waals surface area (Å²) in [5, 5.41) is 3.57. The summed E-state index contributed by atoms with van der Waals surface area (Å²) < 4.78 is 13.5. The summed E-state index contributed by atoms with van der Waals surface area (Å²) in [6.07, 6.45) is 0.522. The van der Waals surface area contributed by atoms with Gasteiger partial charge in [0.15, 0.2) is 0 Å². The second kappa shape index (κ2) is 6.30. The largest absolute Gasteiger partial charge is 0.312 e. The Morgan fingerprint density at radius 3 is 2.61 bits per heavy atom. The third kappa shape index (κ3) is 5.61. The first-order valence-electron chi connectivity index (χ1n) is 5.98. The van der Waals surface area contributed by atoms with Gasteiger partial charge in [0.1, 0.15) is 11.6 Å². The predicted molar refractivity (Wildman–Crippen MR) is 72.5 cm³/mol. The summed E-state index contributed by atoms with van der Waals surface area (Å²) in [5.41, 5.74) is 0.395. The Hall–Kier alpha value is -0.930. The van der Waals surface area contributed by atoms with Crippen molar-refractivity contribution in [3.8, 4) is 0 Å². The number of carbonyl (C=O) groups excluding carboxylic acids is 1. The van der Waals surface area contributed by atoms with Crippen LogP contribution in [0.4, 0.5) is 4.39 Å². The summed E-state index contributed by atoms with van der Waals surface area (Å²) in [6, 6.07) is 4.39. The van der Waals surface area contributed by atoms with Crippen LogP contribution in [-0.2, 0) is 11.2 Å². The van der Waals surface area contributed by atoms with E-state index in [0.29, 0.717) is 23.6 Å². The fraction of sp³-hybridized carbons (Fsp3) is 0.500. The molecule has 0 aliphatic rings. The number of rotatable bonds is 5. The van der Waals surface area contributed by atoms with Crippen molar-refractivity contribution in [3.63, 3.8) is 0 Å². The van der Waals surface area contributed by atoms with Gasteiger partial charge >= 0.3 is 0 Å². The quantitative estimate of drug-likeness (QED) is 0.890. The van der Waals surface area contributed by atoms with Gasteiger partial charge in [-0.1, -0.05) is 17.7 Å². The molecule has 0 amide bonds. The van der Waals surface area contributed by atoms with Crippen LogP contribution >= 0.6 is 11.6 Å². The minimum Gasteiger partial charge on any atom is -0.312 e. The first kappa shape index (κ1) is 15.1. The first-order valence-corrected chi connectivity index (χ1v) is 6.36. The predicted octanol–water partition coefficient (Wildman–Crippen LogP) is 3.37. The standard InChI is InChI=1S/C14H19ClFNO/c1-14(2,3)17-7-6-12(18)8-10-4-5-11(15)9-13(10)16/h4-5,9,17H,6-8H2,1-3H3. The van der Waals surface area contributed by atoms with Crippen molar-refractivity contribution in [2.75, 3.05) is 6.54 Å². The summed E-state index contributed by atoms with van der Waals surface area (Å²) in [6.45, 7) is 6.72.